The van der Waals surface area contributed by atoms with Gasteiger partial charge in [-0.1, -0.05) is 36.4 Å². The van der Waals surface area contributed by atoms with Gasteiger partial charge in [-0.25, -0.2) is 0 Å². The zero-order valence-electron chi connectivity index (χ0n) is 16.6. The number of hydrogen-bond donors (Lipinski definition) is 0. The number of likely N-dealkylation sites (tertiary alicyclic amines) is 2. The molecule has 2 heterocycles. The van der Waals surface area contributed by atoms with Crippen molar-refractivity contribution < 1.29 is 9.53 Å². The van der Waals surface area contributed by atoms with E-state index in [0.29, 0.717) is 17.8 Å². The molecule has 0 bridgehead atoms. The minimum atomic E-state index is 0.116. The van der Waals surface area contributed by atoms with E-state index in [4.69, 9.17) is 4.74 Å². The smallest absolute Gasteiger partial charge is 0.248 e. The van der Waals surface area contributed by atoms with Gasteiger partial charge in [-0.15, -0.1) is 0 Å². The second kappa shape index (κ2) is 8.15. The van der Waals surface area contributed by atoms with Crippen LogP contribution < -0.4 is 0 Å². The first-order valence-electron chi connectivity index (χ1n) is 10.4. The molecule has 4 heteroatoms. The van der Waals surface area contributed by atoms with Gasteiger partial charge in [-0.2, -0.15) is 0 Å². The average Bonchev–Trinajstić information content (AvgIpc) is 3.36. The molecule has 1 aromatic rings. The van der Waals surface area contributed by atoms with Crippen LogP contribution in [-0.4, -0.2) is 61.6 Å². The van der Waals surface area contributed by atoms with Crippen molar-refractivity contribution >= 4 is 5.91 Å². The maximum absolute atomic E-state index is 12.1. The summed E-state index contributed by atoms with van der Waals surface area (Å²) in [6, 6.07) is 9.97. The third kappa shape index (κ3) is 3.97. The largest absolute Gasteiger partial charge is 0.375 e. The molecule has 4 unspecified atom stereocenters. The van der Waals surface area contributed by atoms with E-state index >= 15 is 0 Å². The Kier molecular flexibility index (Phi) is 5.65. The van der Waals surface area contributed by atoms with Crippen LogP contribution in [-0.2, 0) is 16.0 Å². The first-order chi connectivity index (χ1) is 13.2. The molecular formula is C23H32N2O2. The lowest BCUT2D eigenvalue weighted by atomic mass is 9.85. The van der Waals surface area contributed by atoms with Crippen molar-refractivity contribution in [1.82, 2.24) is 9.80 Å². The van der Waals surface area contributed by atoms with E-state index in [1.165, 1.54) is 37.1 Å². The molecule has 4 nitrogen and oxygen atoms in total. The number of amides is 1. The zero-order chi connectivity index (χ0) is 18.8. The molecule has 1 aromatic carbocycles. The summed E-state index contributed by atoms with van der Waals surface area (Å²) < 4.78 is 5.02. The topological polar surface area (TPSA) is 32.8 Å². The summed E-state index contributed by atoms with van der Waals surface area (Å²) >= 11 is 0. The maximum atomic E-state index is 12.1. The predicted octanol–water partition coefficient (Wildman–Crippen LogP) is 3.09. The number of ether oxygens (including phenoxy) is 1. The number of allylic oxidation sites excluding steroid dienone is 1. The Hall–Kier alpha value is -1.65. The van der Waals surface area contributed by atoms with Crippen LogP contribution in [0.1, 0.15) is 36.8 Å². The van der Waals surface area contributed by atoms with Gasteiger partial charge in [0.05, 0.1) is 0 Å². The summed E-state index contributed by atoms with van der Waals surface area (Å²) in [5.74, 6) is 1.56. The highest BCUT2D eigenvalue weighted by Crippen LogP contribution is 2.42. The fourth-order valence-electron chi connectivity index (χ4n) is 5.12. The van der Waals surface area contributed by atoms with E-state index in [2.05, 4.69) is 48.2 Å². The van der Waals surface area contributed by atoms with Gasteiger partial charge in [-0.3, -0.25) is 4.79 Å². The van der Waals surface area contributed by atoms with Crippen LogP contribution in [0.4, 0.5) is 0 Å². The molecule has 4 atom stereocenters. The molecule has 0 radical (unpaired) electrons. The van der Waals surface area contributed by atoms with E-state index in [0.717, 1.165) is 25.6 Å². The van der Waals surface area contributed by atoms with Crippen molar-refractivity contribution in [3.63, 3.8) is 0 Å². The van der Waals surface area contributed by atoms with Gasteiger partial charge in [0.2, 0.25) is 5.91 Å². The monoisotopic (exact) mass is 368 g/mol. The average molecular weight is 369 g/mol. The highest BCUT2D eigenvalue weighted by Gasteiger charge is 2.41. The molecule has 1 amide bonds. The number of benzene rings is 1. The van der Waals surface area contributed by atoms with Gasteiger partial charge in [-0.05, 0) is 55.7 Å². The van der Waals surface area contributed by atoms with E-state index in [1.807, 2.05) is 4.90 Å². The van der Waals surface area contributed by atoms with Crippen LogP contribution in [0, 0.1) is 11.8 Å². The lowest BCUT2D eigenvalue weighted by Gasteiger charge is -2.22. The summed E-state index contributed by atoms with van der Waals surface area (Å²) in [6.45, 7) is 6.66. The summed E-state index contributed by atoms with van der Waals surface area (Å²) in [5, 5.41) is 0. The molecule has 0 aromatic heterocycles. The first-order valence-corrected chi connectivity index (χ1v) is 10.4. The number of methoxy groups -OCH3 is 1. The molecule has 3 aliphatic rings. The Morgan fingerprint density at radius 3 is 2.70 bits per heavy atom. The van der Waals surface area contributed by atoms with Crippen molar-refractivity contribution in [2.45, 2.75) is 38.1 Å². The first kappa shape index (κ1) is 18.7. The third-order valence-corrected chi connectivity index (χ3v) is 6.80. The minimum Gasteiger partial charge on any atom is -0.375 e. The number of fused-ring (bicyclic) bond motifs is 1. The van der Waals surface area contributed by atoms with Gasteiger partial charge < -0.3 is 14.5 Å². The standard InChI is InChI=1S/C23H32N2O2/c1-17-4-3-12-24(17)13-11-18-5-7-19(8-6-18)21-10-9-20-14-25(15-22(20)21)23(26)16-27-2/h5-10,17,20-22H,3-4,11-16H2,1-2H3. The van der Waals surface area contributed by atoms with Gasteiger partial charge in [0, 0.05) is 38.7 Å². The van der Waals surface area contributed by atoms with Crippen LogP contribution in [0.25, 0.3) is 0 Å². The van der Waals surface area contributed by atoms with Crippen LogP contribution in [0.2, 0.25) is 0 Å². The Bertz CT molecular complexity index is 684. The molecule has 1 aliphatic carbocycles. The Labute approximate surface area is 163 Å². The van der Waals surface area contributed by atoms with Crippen LogP contribution >= 0.6 is 0 Å². The third-order valence-electron chi connectivity index (χ3n) is 6.80. The molecule has 0 saturated carbocycles. The molecule has 2 aliphatic heterocycles. The normalized spacial score (nSPS) is 30.2. The second-order valence-electron chi connectivity index (χ2n) is 8.49. The van der Waals surface area contributed by atoms with Gasteiger partial charge in [0.15, 0.2) is 0 Å². The Balaban J connectivity index is 1.35. The maximum Gasteiger partial charge on any atom is 0.248 e. The van der Waals surface area contributed by atoms with Gasteiger partial charge >= 0.3 is 0 Å². The summed E-state index contributed by atoms with van der Waals surface area (Å²) in [5.41, 5.74) is 2.82. The van der Waals surface area contributed by atoms with E-state index in [1.54, 1.807) is 7.11 Å². The lowest BCUT2D eigenvalue weighted by molar-refractivity contribution is -0.134. The number of carbonyl (C=O) groups excluding carboxylic acids is 1. The minimum absolute atomic E-state index is 0.116. The Morgan fingerprint density at radius 2 is 2.00 bits per heavy atom. The SMILES string of the molecule is COCC(=O)N1CC2C=CC(c3ccc(CCN4CCCC4C)cc3)C2C1. The molecule has 27 heavy (non-hydrogen) atoms. The molecule has 146 valence electrons. The molecular weight excluding hydrogens is 336 g/mol. The van der Waals surface area contributed by atoms with E-state index < -0.39 is 0 Å². The molecule has 4 rings (SSSR count). The summed E-state index contributed by atoms with van der Waals surface area (Å²) in [6.07, 6.45) is 8.50. The van der Waals surface area contributed by atoms with Gasteiger partial charge in [0.25, 0.3) is 0 Å². The fraction of sp³-hybridized carbons (Fsp3) is 0.609. The number of carbonyl (C=O) groups is 1. The molecule has 2 fully saturated rings. The zero-order valence-corrected chi connectivity index (χ0v) is 16.6. The van der Waals surface area contributed by atoms with Crippen molar-refractivity contribution in [1.29, 1.82) is 0 Å². The van der Waals surface area contributed by atoms with Crippen molar-refractivity contribution in [3.05, 3.63) is 47.5 Å². The van der Waals surface area contributed by atoms with E-state index in [9.17, 15) is 4.79 Å². The second-order valence-corrected chi connectivity index (χ2v) is 8.49. The van der Waals surface area contributed by atoms with Crippen LogP contribution in [0.3, 0.4) is 0 Å². The van der Waals surface area contributed by atoms with E-state index in [-0.39, 0.29) is 12.5 Å². The Morgan fingerprint density at radius 1 is 1.19 bits per heavy atom. The lowest BCUT2D eigenvalue weighted by Crippen LogP contribution is -2.32. The number of rotatable bonds is 6. The number of nitrogens with zero attached hydrogens (tertiary/aromatic N) is 2. The fourth-order valence-corrected chi connectivity index (χ4v) is 5.12. The quantitative estimate of drug-likeness (QED) is 0.724. The summed E-state index contributed by atoms with van der Waals surface area (Å²) in [7, 11) is 1.59. The van der Waals surface area contributed by atoms with Crippen molar-refractivity contribution in [3.8, 4) is 0 Å². The van der Waals surface area contributed by atoms with Gasteiger partial charge in [0.1, 0.15) is 6.61 Å². The molecule has 0 N–H and O–H groups in total. The van der Waals surface area contributed by atoms with Crippen molar-refractivity contribution in [2.24, 2.45) is 11.8 Å². The van der Waals surface area contributed by atoms with Crippen LogP contribution in [0.5, 0.6) is 0 Å². The van der Waals surface area contributed by atoms with Crippen LogP contribution in [0.15, 0.2) is 36.4 Å². The summed E-state index contributed by atoms with van der Waals surface area (Å²) in [4.78, 5) is 16.7. The van der Waals surface area contributed by atoms with Crippen molar-refractivity contribution in [2.75, 3.05) is 39.9 Å². The highest BCUT2D eigenvalue weighted by molar-refractivity contribution is 5.78. The molecule has 0 spiro atoms. The molecule has 2 saturated heterocycles. The highest BCUT2D eigenvalue weighted by atomic mass is 16.5. The predicted molar refractivity (Wildman–Crippen MR) is 108 cm³/mol. The number of hydrogen-bond acceptors (Lipinski definition) is 3.